The number of hydrogen-bond acceptors (Lipinski definition) is 3. The molecule has 0 saturated carbocycles. The van der Waals surface area contributed by atoms with Gasteiger partial charge < -0.3 is 9.47 Å². The number of alkyl halides is 1. The van der Waals surface area contributed by atoms with Crippen LogP contribution in [-0.4, -0.2) is 24.8 Å². The van der Waals surface area contributed by atoms with Crippen molar-refractivity contribution in [2.24, 2.45) is 0 Å². The van der Waals surface area contributed by atoms with Crippen molar-refractivity contribution in [2.75, 3.05) is 19.0 Å². The summed E-state index contributed by atoms with van der Waals surface area (Å²) < 4.78 is 10.6. The number of benzene rings is 1. The fourth-order valence-corrected chi connectivity index (χ4v) is 1.71. The Balaban J connectivity index is 2.94. The van der Waals surface area contributed by atoms with E-state index in [1.165, 1.54) is 0 Å². The van der Waals surface area contributed by atoms with E-state index in [0.717, 1.165) is 0 Å². The van der Waals surface area contributed by atoms with E-state index < -0.39 is 0 Å². The first-order valence-electron chi connectivity index (χ1n) is 5.13. The number of methoxy groups -OCH3 is 1. The molecule has 0 spiro atoms. The lowest BCUT2D eigenvalue weighted by molar-refractivity contribution is 0.0989. The normalized spacial score (nSPS) is 9.94. The van der Waals surface area contributed by atoms with Crippen LogP contribution in [0.1, 0.15) is 23.7 Å². The molecule has 16 heavy (non-hydrogen) atoms. The highest BCUT2D eigenvalue weighted by Gasteiger charge is 2.10. The summed E-state index contributed by atoms with van der Waals surface area (Å²) >= 11 is 3.25. The van der Waals surface area contributed by atoms with Crippen molar-refractivity contribution in [1.82, 2.24) is 0 Å². The Morgan fingerprint density at radius 2 is 2.12 bits per heavy atom. The monoisotopic (exact) mass is 286 g/mol. The number of ketones is 1. The molecule has 0 bridgehead atoms. The summed E-state index contributed by atoms with van der Waals surface area (Å²) in [5, 5.41) is 0.668. The fraction of sp³-hybridized carbons (Fsp3) is 0.417. The summed E-state index contributed by atoms with van der Waals surface area (Å²) in [5.41, 5.74) is 0.653. The maximum absolute atomic E-state index is 11.7. The van der Waals surface area contributed by atoms with Gasteiger partial charge in [-0.1, -0.05) is 15.9 Å². The van der Waals surface area contributed by atoms with Gasteiger partial charge in [0.05, 0.1) is 13.7 Å². The molecule has 4 heteroatoms. The molecular weight excluding hydrogens is 272 g/mol. The summed E-state index contributed by atoms with van der Waals surface area (Å²) in [6.07, 6.45) is 0.483. The molecule has 0 aromatic heterocycles. The molecule has 0 fully saturated rings. The van der Waals surface area contributed by atoms with Crippen molar-refractivity contribution >= 4 is 21.7 Å². The SMILES string of the molecule is CCOc1ccc(C(=O)CCBr)cc1OC. The Labute approximate surface area is 104 Å². The molecule has 0 atom stereocenters. The number of carbonyl (C=O) groups is 1. The first kappa shape index (κ1) is 13.0. The first-order chi connectivity index (χ1) is 7.72. The van der Waals surface area contributed by atoms with Crippen molar-refractivity contribution in [3.8, 4) is 11.5 Å². The smallest absolute Gasteiger partial charge is 0.163 e. The molecule has 0 saturated heterocycles. The summed E-state index contributed by atoms with van der Waals surface area (Å²) in [4.78, 5) is 11.7. The van der Waals surface area contributed by atoms with Crippen molar-refractivity contribution in [2.45, 2.75) is 13.3 Å². The second-order valence-electron chi connectivity index (χ2n) is 3.16. The summed E-state index contributed by atoms with van der Waals surface area (Å²) in [5.74, 6) is 1.36. The zero-order valence-electron chi connectivity index (χ0n) is 9.46. The fourth-order valence-electron chi connectivity index (χ4n) is 1.35. The van der Waals surface area contributed by atoms with Gasteiger partial charge in [0.25, 0.3) is 0 Å². The first-order valence-corrected chi connectivity index (χ1v) is 6.25. The van der Waals surface area contributed by atoms with E-state index in [0.29, 0.717) is 35.4 Å². The van der Waals surface area contributed by atoms with Crippen molar-refractivity contribution in [1.29, 1.82) is 0 Å². The third-order valence-corrected chi connectivity index (χ3v) is 2.50. The van der Waals surface area contributed by atoms with Crippen LogP contribution in [0.2, 0.25) is 0 Å². The van der Waals surface area contributed by atoms with Crippen LogP contribution in [0.4, 0.5) is 0 Å². The Kier molecular flexibility index (Phi) is 5.32. The lowest BCUT2D eigenvalue weighted by Gasteiger charge is -2.10. The van der Waals surface area contributed by atoms with Crippen molar-refractivity contribution in [3.05, 3.63) is 23.8 Å². The van der Waals surface area contributed by atoms with Gasteiger partial charge in [-0.05, 0) is 25.1 Å². The minimum Gasteiger partial charge on any atom is -0.493 e. The van der Waals surface area contributed by atoms with Crippen LogP contribution in [-0.2, 0) is 0 Å². The highest BCUT2D eigenvalue weighted by atomic mass is 79.9. The van der Waals surface area contributed by atoms with Gasteiger partial charge in [-0.3, -0.25) is 4.79 Å². The number of ether oxygens (including phenoxy) is 2. The molecule has 0 N–H and O–H groups in total. The van der Waals surface area contributed by atoms with Gasteiger partial charge in [-0.25, -0.2) is 0 Å². The van der Waals surface area contributed by atoms with Gasteiger partial charge in [-0.15, -0.1) is 0 Å². The predicted molar refractivity (Wildman–Crippen MR) is 66.9 cm³/mol. The molecule has 1 aromatic carbocycles. The molecule has 0 aliphatic rings. The van der Waals surface area contributed by atoms with Crippen LogP contribution in [0.25, 0.3) is 0 Å². The molecule has 0 aliphatic heterocycles. The summed E-state index contributed by atoms with van der Waals surface area (Å²) in [7, 11) is 1.57. The van der Waals surface area contributed by atoms with E-state index in [-0.39, 0.29) is 5.78 Å². The third kappa shape index (κ3) is 3.23. The molecule has 1 aromatic rings. The Hall–Kier alpha value is -1.03. The van der Waals surface area contributed by atoms with Crippen LogP contribution < -0.4 is 9.47 Å². The largest absolute Gasteiger partial charge is 0.493 e. The average Bonchev–Trinajstić information content (AvgIpc) is 2.30. The molecule has 88 valence electrons. The Bertz CT molecular complexity index is 363. The van der Waals surface area contributed by atoms with Crippen molar-refractivity contribution < 1.29 is 14.3 Å². The predicted octanol–water partition coefficient (Wildman–Crippen LogP) is 3.06. The van der Waals surface area contributed by atoms with E-state index in [1.54, 1.807) is 25.3 Å². The zero-order valence-corrected chi connectivity index (χ0v) is 11.0. The molecule has 3 nitrogen and oxygen atoms in total. The molecule has 0 radical (unpaired) electrons. The van der Waals surface area contributed by atoms with E-state index in [2.05, 4.69) is 15.9 Å². The van der Waals surface area contributed by atoms with Crippen LogP contribution in [0, 0.1) is 0 Å². The Morgan fingerprint density at radius 3 is 2.69 bits per heavy atom. The average molecular weight is 287 g/mol. The van der Waals surface area contributed by atoms with Crippen LogP contribution in [0.15, 0.2) is 18.2 Å². The molecule has 0 unspecified atom stereocenters. The second kappa shape index (κ2) is 6.53. The van der Waals surface area contributed by atoms with Gasteiger partial charge in [0.2, 0.25) is 0 Å². The molecular formula is C12H15BrO3. The third-order valence-electron chi connectivity index (χ3n) is 2.11. The lowest BCUT2D eigenvalue weighted by Crippen LogP contribution is -2.02. The van der Waals surface area contributed by atoms with Crippen LogP contribution >= 0.6 is 15.9 Å². The summed E-state index contributed by atoms with van der Waals surface area (Å²) in [6, 6.07) is 5.25. The minimum atomic E-state index is 0.0956. The van der Waals surface area contributed by atoms with Gasteiger partial charge >= 0.3 is 0 Å². The number of carbonyl (C=O) groups excluding carboxylic acids is 1. The van der Waals surface area contributed by atoms with Gasteiger partial charge in [0.15, 0.2) is 17.3 Å². The second-order valence-corrected chi connectivity index (χ2v) is 3.95. The van der Waals surface area contributed by atoms with E-state index in [1.807, 2.05) is 6.92 Å². The number of hydrogen-bond donors (Lipinski definition) is 0. The molecule has 0 aliphatic carbocycles. The lowest BCUT2D eigenvalue weighted by atomic mass is 10.1. The zero-order chi connectivity index (χ0) is 12.0. The standard InChI is InChI=1S/C12H15BrO3/c1-3-16-11-5-4-9(8-12(11)15-2)10(14)6-7-13/h4-5,8H,3,6-7H2,1-2H3. The highest BCUT2D eigenvalue weighted by Crippen LogP contribution is 2.28. The van der Waals surface area contributed by atoms with Crippen LogP contribution in [0.5, 0.6) is 11.5 Å². The quantitative estimate of drug-likeness (QED) is 0.596. The van der Waals surface area contributed by atoms with E-state index in [4.69, 9.17) is 9.47 Å². The van der Waals surface area contributed by atoms with Gasteiger partial charge in [-0.2, -0.15) is 0 Å². The number of halogens is 1. The molecule has 0 amide bonds. The van der Waals surface area contributed by atoms with Gasteiger partial charge in [0.1, 0.15) is 0 Å². The topological polar surface area (TPSA) is 35.5 Å². The van der Waals surface area contributed by atoms with Crippen LogP contribution in [0.3, 0.4) is 0 Å². The highest BCUT2D eigenvalue weighted by molar-refractivity contribution is 9.09. The maximum Gasteiger partial charge on any atom is 0.163 e. The molecule has 1 rings (SSSR count). The van der Waals surface area contributed by atoms with Gasteiger partial charge in [0, 0.05) is 17.3 Å². The number of Topliss-reactive ketones (excluding diaryl/α,β-unsaturated/α-hetero) is 1. The Morgan fingerprint density at radius 1 is 1.38 bits per heavy atom. The van der Waals surface area contributed by atoms with E-state index >= 15 is 0 Å². The number of rotatable bonds is 6. The molecule has 0 heterocycles. The van der Waals surface area contributed by atoms with E-state index in [9.17, 15) is 4.79 Å². The van der Waals surface area contributed by atoms with Crippen molar-refractivity contribution in [3.63, 3.8) is 0 Å². The summed E-state index contributed by atoms with van der Waals surface area (Å²) in [6.45, 7) is 2.48. The minimum absolute atomic E-state index is 0.0956. The maximum atomic E-state index is 11.7.